The van der Waals surface area contributed by atoms with E-state index in [9.17, 15) is 18.0 Å². The van der Waals surface area contributed by atoms with Crippen molar-refractivity contribution < 1.29 is 22.8 Å². The number of amides is 1. The number of carbonyl (C=O) groups is 1. The summed E-state index contributed by atoms with van der Waals surface area (Å²) < 4.78 is 34.8. The molecule has 0 aliphatic carbocycles. The lowest BCUT2D eigenvalue weighted by Gasteiger charge is -2.19. The van der Waals surface area contributed by atoms with E-state index in [2.05, 4.69) is 10.2 Å². The van der Waals surface area contributed by atoms with Gasteiger partial charge in [0.1, 0.15) is 0 Å². The maximum atomic E-state index is 11.6. The highest BCUT2D eigenvalue weighted by Gasteiger charge is 2.28. The van der Waals surface area contributed by atoms with E-state index in [1.165, 1.54) is 0 Å². The van der Waals surface area contributed by atoms with Crippen molar-refractivity contribution >= 4 is 5.91 Å². The smallest absolute Gasteiger partial charge is 0.304 e. The first-order valence-corrected chi connectivity index (χ1v) is 4.32. The van der Waals surface area contributed by atoms with Crippen LogP contribution in [0.2, 0.25) is 0 Å². The molecule has 4 nitrogen and oxygen atoms in total. The van der Waals surface area contributed by atoms with Crippen molar-refractivity contribution in [3.63, 3.8) is 0 Å². The van der Waals surface area contributed by atoms with Gasteiger partial charge in [0.15, 0.2) is 6.61 Å². The van der Waals surface area contributed by atoms with E-state index in [0.717, 1.165) is 0 Å². The van der Waals surface area contributed by atoms with Crippen LogP contribution in [0.4, 0.5) is 13.2 Å². The van der Waals surface area contributed by atoms with Gasteiger partial charge in [-0.3, -0.25) is 9.63 Å². The second kappa shape index (κ2) is 5.32. The van der Waals surface area contributed by atoms with E-state index >= 15 is 0 Å². The van der Waals surface area contributed by atoms with Crippen LogP contribution in [0.25, 0.3) is 0 Å². The standard InChI is InChI=1S/C8H15F3N2O2/c1-7(2,3)12-4-6(14)13-15-5-8(9,10)11/h12H,4-5H2,1-3H3,(H,13,14). The van der Waals surface area contributed by atoms with E-state index < -0.39 is 18.7 Å². The minimum atomic E-state index is -4.44. The Bertz CT molecular complexity index is 211. The molecule has 0 rings (SSSR count). The maximum absolute atomic E-state index is 11.6. The van der Waals surface area contributed by atoms with Crippen molar-refractivity contribution in [2.45, 2.75) is 32.5 Å². The minimum absolute atomic E-state index is 0.0959. The van der Waals surface area contributed by atoms with Gasteiger partial charge in [-0.25, -0.2) is 5.48 Å². The Morgan fingerprint density at radius 3 is 2.20 bits per heavy atom. The molecule has 0 radical (unpaired) electrons. The zero-order valence-corrected chi connectivity index (χ0v) is 8.86. The molecule has 0 aromatic rings. The van der Waals surface area contributed by atoms with Gasteiger partial charge < -0.3 is 5.32 Å². The van der Waals surface area contributed by atoms with Crippen LogP contribution in [0.1, 0.15) is 20.8 Å². The molecular formula is C8H15F3N2O2. The largest absolute Gasteiger partial charge is 0.414 e. The first-order chi connectivity index (χ1) is 6.60. The first kappa shape index (κ1) is 14.2. The van der Waals surface area contributed by atoms with Crippen LogP contribution in [-0.4, -0.2) is 30.8 Å². The second-order valence-corrected chi connectivity index (χ2v) is 4.03. The highest BCUT2D eigenvalue weighted by atomic mass is 19.4. The van der Waals surface area contributed by atoms with E-state index in [1.54, 1.807) is 5.48 Å². The molecule has 0 heterocycles. The Hall–Kier alpha value is -0.820. The van der Waals surface area contributed by atoms with Crippen molar-refractivity contribution in [2.75, 3.05) is 13.2 Å². The van der Waals surface area contributed by atoms with Gasteiger partial charge in [-0.05, 0) is 20.8 Å². The molecular weight excluding hydrogens is 213 g/mol. The Kier molecular flexibility index (Phi) is 5.02. The van der Waals surface area contributed by atoms with Crippen molar-refractivity contribution in [3.8, 4) is 0 Å². The van der Waals surface area contributed by atoms with Gasteiger partial charge in [0, 0.05) is 5.54 Å². The van der Waals surface area contributed by atoms with Gasteiger partial charge in [-0.2, -0.15) is 13.2 Å². The van der Waals surface area contributed by atoms with E-state index in [-0.39, 0.29) is 12.1 Å². The van der Waals surface area contributed by atoms with Crippen molar-refractivity contribution in [3.05, 3.63) is 0 Å². The molecule has 0 atom stereocenters. The Morgan fingerprint density at radius 1 is 1.27 bits per heavy atom. The monoisotopic (exact) mass is 228 g/mol. The average Bonchev–Trinajstić information content (AvgIpc) is 1.97. The van der Waals surface area contributed by atoms with Crippen LogP contribution >= 0.6 is 0 Å². The summed E-state index contributed by atoms with van der Waals surface area (Å²) in [5.41, 5.74) is 1.41. The second-order valence-electron chi connectivity index (χ2n) is 4.03. The molecule has 2 N–H and O–H groups in total. The molecule has 0 aliphatic rings. The summed E-state index contributed by atoms with van der Waals surface area (Å²) in [5.74, 6) is -0.644. The fourth-order valence-electron chi connectivity index (χ4n) is 0.580. The molecule has 0 aromatic carbocycles. The molecule has 0 spiro atoms. The molecule has 0 aliphatic heterocycles. The SMILES string of the molecule is CC(C)(C)NCC(=O)NOCC(F)(F)F. The van der Waals surface area contributed by atoms with Gasteiger partial charge in [-0.15, -0.1) is 0 Å². The predicted octanol–water partition coefficient (Wildman–Crippen LogP) is 0.985. The van der Waals surface area contributed by atoms with Crippen molar-refractivity contribution in [1.82, 2.24) is 10.8 Å². The third kappa shape index (κ3) is 11.1. The normalized spacial score (nSPS) is 12.7. The van der Waals surface area contributed by atoms with Gasteiger partial charge in [-0.1, -0.05) is 0 Å². The molecule has 0 saturated carbocycles. The molecule has 7 heteroatoms. The molecule has 1 amide bonds. The van der Waals surface area contributed by atoms with Gasteiger partial charge >= 0.3 is 6.18 Å². The number of hydroxylamine groups is 1. The van der Waals surface area contributed by atoms with Crippen LogP contribution in [0, 0.1) is 0 Å². The molecule has 0 unspecified atom stereocenters. The molecule has 0 aromatic heterocycles. The first-order valence-electron chi connectivity index (χ1n) is 4.32. The number of hydrogen-bond donors (Lipinski definition) is 2. The summed E-state index contributed by atoms with van der Waals surface area (Å²) in [7, 11) is 0. The summed E-state index contributed by atoms with van der Waals surface area (Å²) in [5, 5.41) is 2.80. The molecule has 0 saturated heterocycles. The summed E-state index contributed by atoms with van der Waals surface area (Å²) in [4.78, 5) is 14.9. The molecule has 0 bridgehead atoms. The van der Waals surface area contributed by atoms with Crippen LogP contribution < -0.4 is 10.8 Å². The summed E-state index contributed by atoms with van der Waals surface area (Å²) in [6.07, 6.45) is -4.44. The highest BCUT2D eigenvalue weighted by Crippen LogP contribution is 2.13. The van der Waals surface area contributed by atoms with Gasteiger partial charge in [0.25, 0.3) is 5.91 Å². The number of halogens is 3. The number of nitrogens with one attached hydrogen (secondary N) is 2. The lowest BCUT2D eigenvalue weighted by molar-refractivity contribution is -0.191. The summed E-state index contributed by atoms with van der Waals surface area (Å²) in [6.45, 7) is 3.90. The fourth-order valence-corrected chi connectivity index (χ4v) is 0.580. The lowest BCUT2D eigenvalue weighted by Crippen LogP contribution is -2.43. The lowest BCUT2D eigenvalue weighted by atomic mass is 10.1. The van der Waals surface area contributed by atoms with Crippen LogP contribution in [-0.2, 0) is 9.63 Å². The third-order valence-electron chi connectivity index (χ3n) is 1.20. The van der Waals surface area contributed by atoms with Gasteiger partial charge in [0.05, 0.1) is 6.54 Å². The maximum Gasteiger partial charge on any atom is 0.414 e. The Morgan fingerprint density at radius 2 is 1.80 bits per heavy atom. The predicted molar refractivity (Wildman–Crippen MR) is 47.9 cm³/mol. The average molecular weight is 228 g/mol. The van der Waals surface area contributed by atoms with Crippen molar-refractivity contribution in [2.24, 2.45) is 0 Å². The van der Waals surface area contributed by atoms with Gasteiger partial charge in [0.2, 0.25) is 0 Å². The van der Waals surface area contributed by atoms with E-state index in [0.29, 0.717) is 0 Å². The van der Waals surface area contributed by atoms with Crippen LogP contribution in [0.15, 0.2) is 0 Å². The summed E-state index contributed by atoms with van der Waals surface area (Å²) >= 11 is 0. The quantitative estimate of drug-likeness (QED) is 0.705. The van der Waals surface area contributed by atoms with E-state index in [4.69, 9.17) is 0 Å². The zero-order valence-electron chi connectivity index (χ0n) is 8.86. The van der Waals surface area contributed by atoms with E-state index in [1.807, 2.05) is 20.8 Å². The topological polar surface area (TPSA) is 50.4 Å². The summed E-state index contributed by atoms with van der Waals surface area (Å²) in [6, 6.07) is 0. The molecule has 0 fully saturated rings. The number of carbonyl (C=O) groups excluding carboxylic acids is 1. The zero-order chi connectivity index (χ0) is 12.1. The minimum Gasteiger partial charge on any atom is -0.304 e. The van der Waals surface area contributed by atoms with Crippen molar-refractivity contribution in [1.29, 1.82) is 0 Å². The third-order valence-corrected chi connectivity index (χ3v) is 1.20. The fraction of sp³-hybridized carbons (Fsp3) is 0.875. The highest BCUT2D eigenvalue weighted by molar-refractivity contribution is 5.76. The van der Waals surface area contributed by atoms with Crippen LogP contribution in [0.3, 0.4) is 0 Å². The van der Waals surface area contributed by atoms with Crippen LogP contribution in [0.5, 0.6) is 0 Å². The number of hydrogen-bond acceptors (Lipinski definition) is 3. The Balaban J connectivity index is 3.60. The number of rotatable bonds is 4. The Labute approximate surface area is 86.1 Å². The molecule has 90 valence electrons. The number of alkyl halides is 3. The molecule has 15 heavy (non-hydrogen) atoms.